The lowest BCUT2D eigenvalue weighted by Crippen LogP contribution is -2.30. The van der Waals surface area contributed by atoms with Gasteiger partial charge in [0.2, 0.25) is 0 Å². The molecule has 0 atom stereocenters. The number of halogens is 3. The SMILES string of the molecule is O=C(O)c1c(NC(=O)C(F)(F)F)nn2cccnc12. The highest BCUT2D eigenvalue weighted by Crippen LogP contribution is 2.22. The average Bonchev–Trinajstić information content (AvgIpc) is 2.65. The van der Waals surface area contributed by atoms with E-state index >= 15 is 0 Å². The highest BCUT2D eigenvalue weighted by Gasteiger charge is 2.40. The molecule has 7 nitrogen and oxygen atoms in total. The molecule has 0 aliphatic heterocycles. The lowest BCUT2D eigenvalue weighted by Gasteiger charge is -2.05. The van der Waals surface area contributed by atoms with E-state index in [0.29, 0.717) is 0 Å². The van der Waals surface area contributed by atoms with Crippen LogP contribution in [0.1, 0.15) is 10.4 Å². The van der Waals surface area contributed by atoms with Crippen LogP contribution in [0.2, 0.25) is 0 Å². The quantitative estimate of drug-likeness (QED) is 0.849. The molecule has 2 aromatic heterocycles. The number of carbonyl (C=O) groups excluding carboxylic acids is 1. The van der Waals surface area contributed by atoms with Crippen LogP contribution in [0.25, 0.3) is 5.65 Å². The number of fused-ring (bicyclic) bond motifs is 1. The van der Waals surface area contributed by atoms with E-state index in [2.05, 4.69) is 10.1 Å². The third-order valence-electron chi connectivity index (χ3n) is 2.10. The predicted molar refractivity (Wildman–Crippen MR) is 54.6 cm³/mol. The maximum atomic E-state index is 12.1. The monoisotopic (exact) mass is 274 g/mol. The summed E-state index contributed by atoms with van der Waals surface area (Å²) in [5, 5.41) is 13.9. The first-order valence-electron chi connectivity index (χ1n) is 4.75. The Hall–Kier alpha value is -2.65. The molecule has 1 amide bonds. The van der Waals surface area contributed by atoms with Gasteiger partial charge >= 0.3 is 18.1 Å². The van der Waals surface area contributed by atoms with Crippen molar-refractivity contribution in [3.63, 3.8) is 0 Å². The molecule has 0 aliphatic carbocycles. The Labute approximate surface area is 102 Å². The van der Waals surface area contributed by atoms with Gasteiger partial charge in [0.05, 0.1) is 0 Å². The minimum absolute atomic E-state index is 0.174. The van der Waals surface area contributed by atoms with Gasteiger partial charge in [-0.25, -0.2) is 14.3 Å². The lowest BCUT2D eigenvalue weighted by atomic mass is 10.3. The Morgan fingerprint density at radius 3 is 2.63 bits per heavy atom. The van der Waals surface area contributed by atoms with E-state index in [1.165, 1.54) is 23.8 Å². The summed E-state index contributed by atoms with van der Waals surface area (Å²) in [6.07, 6.45) is -2.60. The number of carbonyl (C=O) groups is 2. The summed E-state index contributed by atoms with van der Waals surface area (Å²) < 4.78 is 37.3. The molecule has 0 aromatic carbocycles. The number of aromatic nitrogens is 3. The first-order valence-corrected chi connectivity index (χ1v) is 4.75. The van der Waals surface area contributed by atoms with Crippen LogP contribution in [-0.2, 0) is 4.79 Å². The van der Waals surface area contributed by atoms with Crippen LogP contribution in [0, 0.1) is 0 Å². The van der Waals surface area contributed by atoms with Crippen molar-refractivity contribution in [3.8, 4) is 0 Å². The molecule has 0 spiro atoms. The van der Waals surface area contributed by atoms with Crippen molar-refractivity contribution >= 4 is 23.3 Å². The van der Waals surface area contributed by atoms with E-state index in [1.54, 1.807) is 0 Å². The smallest absolute Gasteiger partial charge is 0.471 e. The number of aromatic carboxylic acids is 1. The van der Waals surface area contributed by atoms with Crippen LogP contribution in [0.15, 0.2) is 18.5 Å². The number of anilines is 1. The lowest BCUT2D eigenvalue weighted by molar-refractivity contribution is -0.167. The van der Waals surface area contributed by atoms with Crippen LogP contribution in [0.4, 0.5) is 19.0 Å². The van der Waals surface area contributed by atoms with Gasteiger partial charge in [0.25, 0.3) is 0 Å². The maximum absolute atomic E-state index is 12.1. The summed E-state index contributed by atoms with van der Waals surface area (Å²) in [6.45, 7) is 0. The largest absolute Gasteiger partial charge is 0.477 e. The number of nitrogens with zero attached hydrogens (tertiary/aromatic N) is 3. The minimum Gasteiger partial charge on any atom is -0.477 e. The van der Waals surface area contributed by atoms with Crippen LogP contribution in [0.5, 0.6) is 0 Å². The molecule has 0 radical (unpaired) electrons. The number of nitrogens with one attached hydrogen (secondary N) is 1. The number of amides is 1. The van der Waals surface area contributed by atoms with Gasteiger partial charge < -0.3 is 10.4 Å². The van der Waals surface area contributed by atoms with Gasteiger partial charge in [0.1, 0.15) is 5.56 Å². The summed E-state index contributed by atoms with van der Waals surface area (Å²) in [5.74, 6) is -4.57. The van der Waals surface area contributed by atoms with E-state index in [-0.39, 0.29) is 5.65 Å². The number of alkyl halides is 3. The Balaban J connectivity index is 2.51. The maximum Gasteiger partial charge on any atom is 0.471 e. The summed E-state index contributed by atoms with van der Waals surface area (Å²) in [5.41, 5.74) is -0.786. The fourth-order valence-electron chi connectivity index (χ4n) is 1.35. The number of carboxylic acids is 1. The standard InChI is InChI=1S/C9H5F3N4O3/c10-9(11,12)8(19)14-5-4(7(17)18)6-13-2-1-3-16(6)15-5/h1-3H,(H,17,18)(H,14,15,19). The fourth-order valence-corrected chi connectivity index (χ4v) is 1.35. The average molecular weight is 274 g/mol. The topological polar surface area (TPSA) is 96.6 Å². The third-order valence-corrected chi connectivity index (χ3v) is 2.10. The number of hydrogen-bond donors (Lipinski definition) is 2. The molecule has 2 N–H and O–H groups in total. The molecule has 2 rings (SSSR count). The van der Waals surface area contributed by atoms with Crippen molar-refractivity contribution in [1.82, 2.24) is 14.6 Å². The Morgan fingerprint density at radius 2 is 2.05 bits per heavy atom. The molecule has 0 fully saturated rings. The normalized spacial score (nSPS) is 11.5. The number of carboxylic acid groups (broad SMARTS) is 1. The Morgan fingerprint density at radius 1 is 1.37 bits per heavy atom. The van der Waals surface area contributed by atoms with Gasteiger partial charge in [0.15, 0.2) is 11.5 Å². The zero-order valence-corrected chi connectivity index (χ0v) is 8.97. The molecular formula is C9H5F3N4O3. The van der Waals surface area contributed by atoms with Crippen LogP contribution < -0.4 is 5.32 Å². The summed E-state index contributed by atoms with van der Waals surface area (Å²) in [4.78, 5) is 25.5. The summed E-state index contributed by atoms with van der Waals surface area (Å²) in [7, 11) is 0. The van der Waals surface area contributed by atoms with Crippen molar-refractivity contribution in [2.24, 2.45) is 0 Å². The predicted octanol–water partition coefficient (Wildman–Crippen LogP) is 0.928. The van der Waals surface area contributed by atoms with Gasteiger partial charge in [-0.1, -0.05) is 0 Å². The van der Waals surface area contributed by atoms with Crippen molar-refractivity contribution in [2.45, 2.75) is 6.18 Å². The van der Waals surface area contributed by atoms with E-state index in [4.69, 9.17) is 5.11 Å². The molecule has 0 saturated carbocycles. The van der Waals surface area contributed by atoms with Crippen LogP contribution in [-0.4, -0.2) is 37.8 Å². The van der Waals surface area contributed by atoms with Crippen molar-refractivity contribution < 1.29 is 27.9 Å². The van der Waals surface area contributed by atoms with Crippen molar-refractivity contribution in [1.29, 1.82) is 0 Å². The first-order chi connectivity index (χ1) is 8.80. The molecule has 2 heterocycles. The molecule has 0 unspecified atom stereocenters. The molecular weight excluding hydrogens is 269 g/mol. The summed E-state index contributed by atoms with van der Waals surface area (Å²) in [6, 6.07) is 1.40. The highest BCUT2D eigenvalue weighted by molar-refractivity contribution is 6.05. The molecule has 0 aliphatic rings. The highest BCUT2D eigenvalue weighted by atomic mass is 19.4. The van der Waals surface area contributed by atoms with E-state index in [9.17, 15) is 22.8 Å². The second-order valence-corrected chi connectivity index (χ2v) is 3.37. The van der Waals surface area contributed by atoms with E-state index in [0.717, 1.165) is 4.52 Å². The molecule has 0 bridgehead atoms. The third kappa shape index (κ3) is 2.32. The van der Waals surface area contributed by atoms with Gasteiger partial charge in [-0.05, 0) is 6.07 Å². The number of hydrogen-bond acceptors (Lipinski definition) is 4. The zero-order chi connectivity index (χ0) is 14.2. The Kier molecular flexibility index (Phi) is 2.85. The van der Waals surface area contributed by atoms with E-state index in [1.807, 2.05) is 0 Å². The van der Waals surface area contributed by atoms with Gasteiger partial charge in [-0.2, -0.15) is 13.2 Å². The van der Waals surface area contributed by atoms with Crippen LogP contribution >= 0.6 is 0 Å². The molecule has 19 heavy (non-hydrogen) atoms. The second kappa shape index (κ2) is 4.23. The minimum atomic E-state index is -5.14. The van der Waals surface area contributed by atoms with Gasteiger partial charge in [-0.15, -0.1) is 5.10 Å². The van der Waals surface area contributed by atoms with Gasteiger partial charge in [-0.3, -0.25) is 4.79 Å². The van der Waals surface area contributed by atoms with Gasteiger partial charge in [0, 0.05) is 12.4 Å². The molecule has 100 valence electrons. The van der Waals surface area contributed by atoms with Crippen LogP contribution in [0.3, 0.4) is 0 Å². The Bertz CT molecular complexity index is 664. The first kappa shape index (κ1) is 12.8. The fraction of sp³-hybridized carbons (Fsp3) is 0.111. The second-order valence-electron chi connectivity index (χ2n) is 3.37. The molecule has 10 heteroatoms. The zero-order valence-electron chi connectivity index (χ0n) is 8.97. The van der Waals surface area contributed by atoms with Crippen molar-refractivity contribution in [2.75, 3.05) is 5.32 Å². The van der Waals surface area contributed by atoms with E-state index < -0.39 is 29.4 Å². The summed E-state index contributed by atoms with van der Waals surface area (Å²) >= 11 is 0. The molecule has 0 saturated heterocycles. The van der Waals surface area contributed by atoms with Crippen molar-refractivity contribution in [3.05, 3.63) is 24.0 Å². The molecule has 2 aromatic rings. The number of rotatable bonds is 2.